The first kappa shape index (κ1) is 22.3. The summed E-state index contributed by atoms with van der Waals surface area (Å²) in [4.78, 5) is 14.4. The molecule has 152 valence electrons. The Kier molecular flexibility index (Phi) is 7.92. The van der Waals surface area contributed by atoms with Crippen LogP contribution in [0.1, 0.15) is 26.3 Å². The molecule has 2 aliphatic rings. The van der Waals surface area contributed by atoms with Crippen molar-refractivity contribution in [1.29, 1.82) is 0 Å². The lowest BCUT2D eigenvalue weighted by atomic mass is 9.77. The molecule has 0 radical (unpaired) electrons. The maximum atomic E-state index is 13.4. The van der Waals surface area contributed by atoms with E-state index in [-0.39, 0.29) is 26.8 Å². The number of rotatable bonds is 7. The van der Waals surface area contributed by atoms with Gasteiger partial charge in [-0.2, -0.15) is 0 Å². The van der Waals surface area contributed by atoms with E-state index in [1.165, 1.54) is 0 Å². The Labute approximate surface area is 171 Å². The van der Waals surface area contributed by atoms with Crippen molar-refractivity contribution in [1.82, 2.24) is 0 Å². The molecular formula is C22H28O5S. The second-order valence-electron chi connectivity index (χ2n) is 6.56. The van der Waals surface area contributed by atoms with Crippen molar-refractivity contribution >= 4 is 17.5 Å². The van der Waals surface area contributed by atoms with Crippen LogP contribution in [-0.4, -0.2) is 39.3 Å². The molecule has 1 aliphatic carbocycles. The number of hydrogen-bond donors (Lipinski definition) is 0. The summed E-state index contributed by atoms with van der Waals surface area (Å²) < 4.78 is 20.8. The summed E-state index contributed by atoms with van der Waals surface area (Å²) in [6.45, 7) is 2.40. The average Bonchev–Trinajstić information content (AvgIpc) is 2.91. The smallest absolute Gasteiger partial charge is 0.188 e. The van der Waals surface area contributed by atoms with E-state index < -0.39 is 5.41 Å². The highest BCUT2D eigenvalue weighted by Crippen LogP contribution is 2.43. The predicted octanol–water partition coefficient (Wildman–Crippen LogP) is 4.60. The maximum absolute atomic E-state index is 13.4. The van der Waals surface area contributed by atoms with Gasteiger partial charge in [0.25, 0.3) is 0 Å². The molecule has 1 atom stereocenters. The Morgan fingerprint density at radius 3 is 2.39 bits per heavy atom. The molecule has 1 aromatic rings. The molecule has 0 fully saturated rings. The zero-order valence-corrected chi connectivity index (χ0v) is 16.6. The molecule has 28 heavy (non-hydrogen) atoms. The molecule has 0 saturated carbocycles. The van der Waals surface area contributed by atoms with Crippen LogP contribution in [0.15, 0.2) is 58.7 Å². The molecule has 0 bridgehead atoms. The van der Waals surface area contributed by atoms with Crippen LogP contribution in [0.25, 0.3) is 0 Å². The lowest BCUT2D eigenvalue weighted by Crippen LogP contribution is -2.39. The van der Waals surface area contributed by atoms with Crippen molar-refractivity contribution in [3.63, 3.8) is 0 Å². The highest BCUT2D eigenvalue weighted by molar-refractivity contribution is 8.03. The Morgan fingerprint density at radius 2 is 1.71 bits per heavy atom. The Bertz CT molecular complexity index is 779. The molecule has 0 amide bonds. The Balaban J connectivity index is 0.00000280. The molecule has 1 unspecified atom stereocenters. The molecular weight excluding hydrogens is 376 g/mol. The third-order valence-corrected chi connectivity index (χ3v) is 6.12. The topological polar surface area (TPSA) is 54.0 Å². The molecule has 1 heterocycles. The number of carbonyl (C=O) groups is 1. The summed E-state index contributed by atoms with van der Waals surface area (Å²) in [6.07, 6.45) is 6.39. The fourth-order valence-corrected chi connectivity index (χ4v) is 4.34. The van der Waals surface area contributed by atoms with Gasteiger partial charge >= 0.3 is 0 Å². The number of carbonyl (C=O) groups excluding carboxylic acids is 1. The van der Waals surface area contributed by atoms with Crippen LogP contribution < -0.4 is 4.74 Å². The van der Waals surface area contributed by atoms with Gasteiger partial charge in [0, 0.05) is 32.0 Å². The van der Waals surface area contributed by atoms with E-state index in [4.69, 9.17) is 18.9 Å². The molecule has 0 aromatic heterocycles. The second kappa shape index (κ2) is 9.96. The molecule has 1 aromatic carbocycles. The van der Waals surface area contributed by atoms with Gasteiger partial charge in [0.05, 0.1) is 5.41 Å². The van der Waals surface area contributed by atoms with Crippen molar-refractivity contribution in [3.05, 3.63) is 64.3 Å². The fraction of sp³-hybridized carbons (Fsp3) is 0.409. The van der Waals surface area contributed by atoms with E-state index in [1.807, 2.05) is 49.4 Å². The second-order valence-corrected chi connectivity index (χ2v) is 7.63. The number of methoxy groups -OCH3 is 2. The summed E-state index contributed by atoms with van der Waals surface area (Å²) in [5, 5.41) is 0. The molecule has 6 heteroatoms. The zero-order valence-electron chi connectivity index (χ0n) is 15.8. The van der Waals surface area contributed by atoms with Crippen LogP contribution in [0.5, 0.6) is 5.75 Å². The van der Waals surface area contributed by atoms with E-state index >= 15 is 0 Å². The van der Waals surface area contributed by atoms with Gasteiger partial charge in [0.1, 0.15) is 11.5 Å². The molecule has 0 N–H and O–H groups in total. The number of hydrogen-bond acceptors (Lipinski definition) is 6. The number of thioether (sulfide) groups is 1. The van der Waals surface area contributed by atoms with Gasteiger partial charge in [-0.05, 0) is 47.8 Å². The quantitative estimate of drug-likeness (QED) is 0.619. The van der Waals surface area contributed by atoms with E-state index in [2.05, 4.69) is 0 Å². The van der Waals surface area contributed by atoms with E-state index in [9.17, 15) is 4.79 Å². The van der Waals surface area contributed by atoms with E-state index in [0.29, 0.717) is 12.2 Å². The number of allylic oxidation sites excluding steroid dienone is 5. The average molecular weight is 405 g/mol. The van der Waals surface area contributed by atoms with Gasteiger partial charge in [-0.15, -0.1) is 11.8 Å². The normalized spacial score (nSPS) is 21.4. The van der Waals surface area contributed by atoms with Gasteiger partial charge in [-0.25, -0.2) is 0 Å². The highest BCUT2D eigenvalue weighted by atomic mass is 32.2. The summed E-state index contributed by atoms with van der Waals surface area (Å²) >= 11 is 1.73. The van der Waals surface area contributed by atoms with Crippen molar-refractivity contribution in [3.8, 4) is 5.75 Å². The van der Waals surface area contributed by atoms with Crippen LogP contribution in [0.4, 0.5) is 0 Å². The van der Waals surface area contributed by atoms with Crippen molar-refractivity contribution in [2.75, 3.05) is 33.6 Å². The predicted molar refractivity (Wildman–Crippen MR) is 112 cm³/mol. The minimum atomic E-state index is -0.578. The molecule has 1 aliphatic heterocycles. The minimum Gasteiger partial charge on any atom is -0.468 e. The number of ether oxygens (including phenoxy) is 4. The van der Waals surface area contributed by atoms with Gasteiger partial charge < -0.3 is 18.9 Å². The van der Waals surface area contributed by atoms with E-state index in [0.717, 1.165) is 27.6 Å². The standard InChI is InChI=1S/C21H24O5S.CH4/c1-21(15-4-6-16(7-5-15)25-13-23-2)12-27-19-11-9-17(26-14-24-3)8-10-18(19)20(21)22;/h4-10H,11-14H2,1-3H3;1H4. The zero-order chi connectivity index (χ0) is 19.3. The van der Waals surface area contributed by atoms with Crippen molar-refractivity contribution in [2.45, 2.75) is 26.2 Å². The number of Topliss-reactive ketones (excluding diaryl/α,β-unsaturated/α-hetero) is 1. The number of benzene rings is 1. The molecule has 0 saturated heterocycles. The third-order valence-electron chi connectivity index (χ3n) is 4.66. The SMILES string of the molecule is C.COCOC1=CCC2=C(C=C1)C(=O)C(C)(c1ccc(OCOC)cc1)CS2. The number of ketones is 1. The van der Waals surface area contributed by atoms with Crippen molar-refractivity contribution < 1.29 is 23.7 Å². The molecule has 3 rings (SSSR count). The lowest BCUT2D eigenvalue weighted by Gasteiger charge is -2.33. The largest absolute Gasteiger partial charge is 0.468 e. The monoisotopic (exact) mass is 404 g/mol. The molecule has 5 nitrogen and oxygen atoms in total. The third kappa shape index (κ3) is 4.69. The van der Waals surface area contributed by atoms with E-state index in [1.54, 1.807) is 26.0 Å². The van der Waals surface area contributed by atoms with Crippen LogP contribution in [0.2, 0.25) is 0 Å². The summed E-state index contributed by atoms with van der Waals surface area (Å²) in [7, 11) is 3.17. The summed E-state index contributed by atoms with van der Waals surface area (Å²) in [6, 6.07) is 7.67. The van der Waals surface area contributed by atoms with Crippen LogP contribution >= 0.6 is 11.8 Å². The van der Waals surface area contributed by atoms with Gasteiger partial charge in [0.2, 0.25) is 0 Å². The first-order valence-electron chi connectivity index (χ1n) is 8.71. The Morgan fingerprint density at radius 1 is 1.04 bits per heavy atom. The highest BCUT2D eigenvalue weighted by Gasteiger charge is 2.41. The van der Waals surface area contributed by atoms with Crippen LogP contribution in [-0.2, 0) is 24.4 Å². The van der Waals surface area contributed by atoms with Gasteiger partial charge in [-0.1, -0.05) is 19.6 Å². The summed E-state index contributed by atoms with van der Waals surface area (Å²) in [5.41, 5.74) is 1.17. The van der Waals surface area contributed by atoms with Gasteiger partial charge in [-0.3, -0.25) is 4.79 Å². The fourth-order valence-electron chi connectivity index (χ4n) is 3.06. The first-order valence-corrected chi connectivity index (χ1v) is 9.70. The van der Waals surface area contributed by atoms with Crippen LogP contribution in [0, 0.1) is 0 Å². The Hall–Kier alpha value is -2.02. The maximum Gasteiger partial charge on any atom is 0.188 e. The first-order chi connectivity index (χ1) is 13.1. The summed E-state index contributed by atoms with van der Waals surface area (Å²) in [5.74, 6) is 2.29. The minimum absolute atomic E-state index is 0. The lowest BCUT2D eigenvalue weighted by molar-refractivity contribution is -0.119. The van der Waals surface area contributed by atoms with Gasteiger partial charge in [0.15, 0.2) is 19.4 Å². The molecule has 0 spiro atoms. The van der Waals surface area contributed by atoms with Crippen LogP contribution in [0.3, 0.4) is 0 Å². The van der Waals surface area contributed by atoms with Crippen molar-refractivity contribution in [2.24, 2.45) is 0 Å².